The number of hydrogen-bond donors (Lipinski definition) is 0. The van der Waals surface area contributed by atoms with E-state index in [0.29, 0.717) is 68.2 Å². The minimum Gasteiger partial charge on any atom is -0.357 e. The summed E-state index contributed by atoms with van der Waals surface area (Å²) in [6, 6.07) is 15.6. The van der Waals surface area contributed by atoms with Gasteiger partial charge in [0, 0.05) is 44.9 Å². The van der Waals surface area contributed by atoms with Crippen molar-refractivity contribution in [1.82, 2.24) is 39.9 Å². The van der Waals surface area contributed by atoms with Crippen LogP contribution >= 0.6 is 0 Å². The maximum Gasteiger partial charge on any atom is 2.00 e. The minimum absolute atomic E-state index is 0. The van der Waals surface area contributed by atoms with E-state index in [9.17, 15) is 0 Å². The number of rotatable bonds is 4. The van der Waals surface area contributed by atoms with Crippen molar-refractivity contribution in [2.24, 2.45) is 0 Å². The molecule has 199 valence electrons. The fourth-order valence-electron chi connectivity index (χ4n) is 5.00. The third-order valence-corrected chi connectivity index (χ3v) is 6.87. The van der Waals surface area contributed by atoms with E-state index in [1.807, 2.05) is 48.5 Å². The summed E-state index contributed by atoms with van der Waals surface area (Å²) in [5.41, 5.74) is 4.72. The topological polar surface area (TPSA) is 106 Å². The first-order valence-electron chi connectivity index (χ1n) is 12.5. The fourth-order valence-corrected chi connectivity index (χ4v) is 5.00. The predicted octanol–water partition coefficient (Wildman–Crippen LogP) is 6.02. The molecule has 2 aliphatic rings. The molecule has 8 nitrogen and oxygen atoms in total. The van der Waals surface area contributed by atoms with Crippen molar-refractivity contribution < 1.29 is 17.1 Å². The summed E-state index contributed by atoms with van der Waals surface area (Å²) in [5, 5.41) is 3.32. The molecule has 1 radical (unpaired) electrons. The zero-order valence-corrected chi connectivity index (χ0v) is 22.6. The van der Waals surface area contributed by atoms with Gasteiger partial charge in [0.1, 0.15) is 0 Å². The van der Waals surface area contributed by atoms with Crippen LogP contribution in [0.2, 0.25) is 0 Å². The molecule has 0 saturated heterocycles. The second kappa shape index (κ2) is 10.1. The van der Waals surface area contributed by atoms with Crippen LogP contribution in [-0.4, -0.2) is 29.9 Å². The van der Waals surface area contributed by atoms with Gasteiger partial charge in [0.05, 0.1) is 23.3 Å². The van der Waals surface area contributed by atoms with Crippen LogP contribution in [0.3, 0.4) is 0 Å². The number of benzene rings is 2. The number of nitrogens with zero attached hydrogens (tertiary/aromatic N) is 8. The summed E-state index contributed by atoms with van der Waals surface area (Å²) in [7, 11) is 0. The Morgan fingerprint density at radius 3 is 0.878 bits per heavy atom. The van der Waals surface area contributed by atoms with E-state index in [1.54, 1.807) is 24.3 Å². The zero-order valence-electron chi connectivity index (χ0n) is 21.6. The van der Waals surface area contributed by atoms with Crippen molar-refractivity contribution in [3.63, 3.8) is 0 Å². The molecule has 0 N–H and O–H groups in total. The quantitative estimate of drug-likeness (QED) is 0.238. The van der Waals surface area contributed by atoms with Gasteiger partial charge >= 0.3 is 17.1 Å². The van der Waals surface area contributed by atoms with E-state index < -0.39 is 0 Å². The van der Waals surface area contributed by atoms with Crippen molar-refractivity contribution in [3.05, 3.63) is 122 Å². The molecule has 0 amide bonds. The number of aromatic nitrogens is 8. The Bertz CT molecular complexity index is 1890. The summed E-state index contributed by atoms with van der Waals surface area (Å²) >= 11 is 0. The Balaban J connectivity index is 0.00000302. The fraction of sp³-hybridized carbons (Fsp3) is 0. The predicted molar refractivity (Wildman–Crippen MR) is 160 cm³/mol. The third kappa shape index (κ3) is 3.98. The summed E-state index contributed by atoms with van der Waals surface area (Å²) in [4.78, 5) is 38.6. The standard InChI is InChI=1S/C32H20N8.Cu/c1-5-17-18(6-2)26-33-25(17)35-29-21-13-9-10-14-22(21)31(39-29)37-27-19(7-3)20(8-4)28(34-27)38-32-24-16-12-11-15-23(24)30(36-26)40-32;/h5-16H,1-4H2;/q-2;+2. The summed E-state index contributed by atoms with van der Waals surface area (Å²) in [6.45, 7) is 16.0. The summed E-state index contributed by atoms with van der Waals surface area (Å²) < 4.78 is 0. The zero-order chi connectivity index (χ0) is 27.4. The van der Waals surface area contributed by atoms with E-state index >= 15 is 0 Å². The Labute approximate surface area is 245 Å². The Hall–Kier alpha value is -5.24. The van der Waals surface area contributed by atoms with Gasteiger partial charge < -0.3 is 29.9 Å². The van der Waals surface area contributed by atoms with Gasteiger partial charge in [-0.15, -0.1) is 0 Å². The number of hydrogen-bond acceptors (Lipinski definition) is 6. The van der Waals surface area contributed by atoms with E-state index in [2.05, 4.69) is 26.3 Å². The minimum atomic E-state index is 0. The van der Waals surface area contributed by atoms with Crippen LogP contribution in [0, 0.1) is 0 Å². The smallest absolute Gasteiger partial charge is 0.357 e. The summed E-state index contributed by atoms with van der Waals surface area (Å²) in [6.07, 6.45) is 6.80. The molecule has 5 aromatic rings. The molecule has 2 aliphatic heterocycles. The Kier molecular flexibility index (Phi) is 6.38. The largest absolute Gasteiger partial charge is 2.00 e. The van der Waals surface area contributed by atoms with Gasteiger partial charge in [0.2, 0.25) is 0 Å². The first kappa shape index (κ1) is 26.0. The molecule has 8 bridgehead atoms. The molecule has 5 heterocycles. The van der Waals surface area contributed by atoms with Gasteiger partial charge in [0.25, 0.3) is 0 Å². The normalized spacial score (nSPS) is 12.9. The molecule has 0 saturated carbocycles. The van der Waals surface area contributed by atoms with Crippen LogP contribution in [0.1, 0.15) is 23.3 Å². The molecule has 0 atom stereocenters. The van der Waals surface area contributed by atoms with Crippen molar-refractivity contribution in [2.75, 3.05) is 0 Å². The Morgan fingerprint density at radius 1 is 0.415 bits per heavy atom. The SMILES string of the molecule is C=CC1=C(C=C)c2nc1nc1[n-]c(nc3nc(nc4[n-]c(n2)c2ccccc42)C(C=C)=C3C=C)c2ccccc12.[Cu+2]. The van der Waals surface area contributed by atoms with Gasteiger partial charge in [-0.3, -0.25) is 0 Å². The van der Waals surface area contributed by atoms with E-state index in [4.69, 9.17) is 39.9 Å². The number of allylic oxidation sites excluding steroid dienone is 8. The third-order valence-electron chi connectivity index (χ3n) is 6.87. The molecule has 0 fully saturated rings. The van der Waals surface area contributed by atoms with Crippen LogP contribution in [0.25, 0.3) is 66.4 Å². The average molecular weight is 580 g/mol. The monoisotopic (exact) mass is 579 g/mol. The second-order valence-corrected chi connectivity index (χ2v) is 9.05. The average Bonchev–Trinajstić information content (AvgIpc) is 3.70. The number of fused-ring (bicyclic) bond motifs is 14. The second-order valence-electron chi connectivity index (χ2n) is 9.05. The van der Waals surface area contributed by atoms with Gasteiger partial charge in [-0.25, -0.2) is 9.97 Å². The van der Waals surface area contributed by atoms with Crippen LogP contribution in [0.5, 0.6) is 0 Å². The van der Waals surface area contributed by atoms with Crippen LogP contribution in [0.15, 0.2) is 99.2 Å². The van der Waals surface area contributed by atoms with Crippen LogP contribution < -0.4 is 9.97 Å². The molecule has 7 rings (SSSR count). The molecular weight excluding hydrogens is 560 g/mol. The van der Waals surface area contributed by atoms with Crippen LogP contribution in [0.4, 0.5) is 0 Å². The molecule has 9 heteroatoms. The van der Waals surface area contributed by atoms with Gasteiger partial charge in [0.15, 0.2) is 0 Å². The molecule has 0 unspecified atom stereocenters. The van der Waals surface area contributed by atoms with Crippen molar-refractivity contribution in [3.8, 4) is 0 Å². The Morgan fingerprint density at radius 2 is 0.659 bits per heavy atom. The van der Waals surface area contributed by atoms with Crippen molar-refractivity contribution in [1.29, 1.82) is 0 Å². The molecule has 3 aromatic heterocycles. The summed E-state index contributed by atoms with van der Waals surface area (Å²) in [5.74, 6) is 1.73. The van der Waals surface area contributed by atoms with E-state index in [0.717, 1.165) is 21.5 Å². The van der Waals surface area contributed by atoms with E-state index in [1.165, 1.54) is 0 Å². The van der Waals surface area contributed by atoms with Crippen molar-refractivity contribution >= 4 is 66.4 Å². The van der Waals surface area contributed by atoms with Gasteiger partial charge in [-0.2, -0.15) is 0 Å². The molecular formula is C32H20CuN8. The molecule has 0 spiro atoms. The molecule has 2 aromatic carbocycles. The maximum absolute atomic E-state index is 4.86. The maximum atomic E-state index is 4.86. The molecule has 0 aliphatic carbocycles. The van der Waals surface area contributed by atoms with Gasteiger partial charge in [-0.05, 0) is 21.5 Å². The molecule has 41 heavy (non-hydrogen) atoms. The van der Waals surface area contributed by atoms with Crippen molar-refractivity contribution in [2.45, 2.75) is 0 Å². The first-order chi connectivity index (χ1) is 19.6. The van der Waals surface area contributed by atoms with Gasteiger partial charge in [-0.1, -0.05) is 99.2 Å². The first-order valence-corrected chi connectivity index (χ1v) is 12.5. The van der Waals surface area contributed by atoms with E-state index in [-0.39, 0.29) is 17.1 Å². The van der Waals surface area contributed by atoms with Crippen LogP contribution in [-0.2, 0) is 17.1 Å².